The van der Waals surface area contributed by atoms with Gasteiger partial charge < -0.3 is 9.16 Å². The molecule has 0 aliphatic carbocycles. The highest BCUT2D eigenvalue weighted by Crippen LogP contribution is 2.40. The minimum atomic E-state index is -2.02. The van der Waals surface area contributed by atoms with Gasteiger partial charge in [0, 0.05) is 5.92 Å². The van der Waals surface area contributed by atoms with Crippen molar-refractivity contribution in [2.75, 3.05) is 7.11 Å². The number of methoxy groups -OCH3 is 1. The number of esters is 1. The maximum absolute atomic E-state index is 11.9. The van der Waals surface area contributed by atoms with Crippen LogP contribution in [-0.4, -0.2) is 21.4 Å². The normalized spacial score (nSPS) is 17.0. The van der Waals surface area contributed by atoms with Gasteiger partial charge in [0.1, 0.15) is 6.07 Å². The summed E-state index contributed by atoms with van der Waals surface area (Å²) in [6, 6.07) is 11.8. The van der Waals surface area contributed by atoms with Crippen molar-refractivity contribution in [3.05, 3.63) is 35.9 Å². The van der Waals surface area contributed by atoms with Gasteiger partial charge >= 0.3 is 5.97 Å². The summed E-state index contributed by atoms with van der Waals surface area (Å²) in [6.45, 7) is 9.77. The van der Waals surface area contributed by atoms with Gasteiger partial charge in [-0.2, -0.15) is 5.26 Å². The van der Waals surface area contributed by atoms with Crippen molar-refractivity contribution in [1.82, 2.24) is 0 Å². The smallest absolute Gasteiger partial charge is 0.308 e. The molecule has 0 spiro atoms. The Bertz CT molecular complexity index is 547. The monoisotopic (exact) mass is 319 g/mol. The maximum Gasteiger partial charge on any atom is 0.308 e. The Morgan fingerprint density at radius 2 is 1.77 bits per heavy atom. The molecule has 0 aliphatic rings. The Kier molecular flexibility index (Phi) is 5.92. The molecule has 0 aliphatic heterocycles. The average Bonchev–Trinajstić information content (AvgIpc) is 2.50. The Morgan fingerprint density at radius 3 is 2.18 bits per heavy atom. The molecule has 22 heavy (non-hydrogen) atoms. The van der Waals surface area contributed by atoms with Crippen LogP contribution in [0.1, 0.15) is 19.4 Å². The van der Waals surface area contributed by atoms with E-state index in [0.717, 1.165) is 5.56 Å². The van der Waals surface area contributed by atoms with E-state index in [2.05, 4.69) is 6.07 Å². The molecule has 0 saturated heterocycles. The molecule has 5 heteroatoms. The first-order chi connectivity index (χ1) is 10.2. The summed E-state index contributed by atoms with van der Waals surface area (Å²) >= 11 is 0. The number of benzene rings is 1. The molecule has 1 rings (SSSR count). The van der Waals surface area contributed by atoms with Gasteiger partial charge in [0.25, 0.3) is 0 Å². The fourth-order valence-electron chi connectivity index (χ4n) is 2.51. The van der Waals surface area contributed by atoms with Crippen molar-refractivity contribution in [2.24, 2.45) is 11.8 Å². The van der Waals surface area contributed by atoms with Gasteiger partial charge in [-0.1, -0.05) is 44.2 Å². The minimum Gasteiger partial charge on any atom is -0.469 e. The van der Waals surface area contributed by atoms with E-state index in [-0.39, 0.29) is 11.9 Å². The molecule has 0 N–H and O–H groups in total. The molecule has 0 radical (unpaired) electrons. The van der Waals surface area contributed by atoms with Crippen LogP contribution in [0.15, 0.2) is 30.3 Å². The van der Waals surface area contributed by atoms with E-state index in [4.69, 9.17) is 9.16 Å². The Morgan fingerprint density at radius 1 is 1.23 bits per heavy atom. The van der Waals surface area contributed by atoms with E-state index in [1.165, 1.54) is 7.11 Å². The van der Waals surface area contributed by atoms with E-state index in [1.54, 1.807) is 6.92 Å². The van der Waals surface area contributed by atoms with Crippen molar-refractivity contribution < 1.29 is 14.0 Å². The van der Waals surface area contributed by atoms with Crippen LogP contribution in [0.4, 0.5) is 0 Å². The van der Waals surface area contributed by atoms with Crippen LogP contribution >= 0.6 is 0 Å². The zero-order valence-electron chi connectivity index (χ0n) is 14.2. The van der Waals surface area contributed by atoms with Crippen LogP contribution in [0.2, 0.25) is 19.6 Å². The van der Waals surface area contributed by atoms with Crippen molar-refractivity contribution >= 4 is 14.3 Å². The predicted molar refractivity (Wildman–Crippen MR) is 88.5 cm³/mol. The lowest BCUT2D eigenvalue weighted by Crippen LogP contribution is -2.47. The van der Waals surface area contributed by atoms with E-state index in [9.17, 15) is 10.1 Å². The number of nitrogens with zero attached hydrogens (tertiary/aromatic N) is 1. The number of carbonyl (C=O) groups is 1. The standard InChI is InChI=1S/C17H25NO3Si/c1-13(16(19)20-3)14(2)17(12-18,21-22(4,5)6)15-10-8-7-9-11-15/h7-11,13-14H,1-6H3. The first-order valence-corrected chi connectivity index (χ1v) is 10.8. The molecule has 3 unspecified atom stereocenters. The molecular weight excluding hydrogens is 294 g/mol. The SMILES string of the molecule is COC(=O)C(C)C(C)C(C#N)(O[Si](C)(C)C)c1ccccc1. The van der Waals surface area contributed by atoms with Crippen molar-refractivity contribution in [1.29, 1.82) is 5.26 Å². The number of nitriles is 1. The van der Waals surface area contributed by atoms with Gasteiger partial charge in [-0.05, 0) is 25.2 Å². The van der Waals surface area contributed by atoms with Crippen molar-refractivity contribution in [3.8, 4) is 6.07 Å². The second kappa shape index (κ2) is 7.08. The Balaban J connectivity index is 3.39. The number of rotatable bonds is 6. The molecule has 120 valence electrons. The largest absolute Gasteiger partial charge is 0.469 e. The van der Waals surface area contributed by atoms with Crippen molar-refractivity contribution in [2.45, 2.75) is 39.1 Å². The summed E-state index contributed by atoms with van der Waals surface area (Å²) < 4.78 is 11.2. The quantitative estimate of drug-likeness (QED) is 0.592. The van der Waals surface area contributed by atoms with E-state index < -0.39 is 19.8 Å². The Labute approximate surface area is 134 Å². The second-order valence-corrected chi connectivity index (χ2v) is 11.0. The van der Waals surface area contributed by atoms with Gasteiger partial charge in [-0.15, -0.1) is 0 Å². The first-order valence-electron chi connectivity index (χ1n) is 7.42. The van der Waals surface area contributed by atoms with Gasteiger partial charge in [-0.25, -0.2) is 0 Å². The maximum atomic E-state index is 11.9. The van der Waals surface area contributed by atoms with Crippen LogP contribution in [0.25, 0.3) is 0 Å². The third-order valence-corrected chi connectivity index (χ3v) is 4.73. The topological polar surface area (TPSA) is 59.3 Å². The molecule has 0 amide bonds. The lowest BCUT2D eigenvalue weighted by atomic mass is 9.77. The van der Waals surface area contributed by atoms with E-state index >= 15 is 0 Å². The summed E-state index contributed by atoms with van der Waals surface area (Å²) in [5.74, 6) is -1.11. The zero-order chi connectivity index (χ0) is 17.0. The molecule has 0 heterocycles. The second-order valence-electron chi connectivity index (χ2n) is 6.53. The fourth-order valence-corrected chi connectivity index (χ4v) is 3.83. The summed E-state index contributed by atoms with van der Waals surface area (Å²) in [6.07, 6.45) is 0. The average molecular weight is 319 g/mol. The van der Waals surface area contributed by atoms with Crippen molar-refractivity contribution in [3.63, 3.8) is 0 Å². The zero-order valence-corrected chi connectivity index (χ0v) is 15.2. The highest BCUT2D eigenvalue weighted by molar-refractivity contribution is 6.69. The predicted octanol–water partition coefficient (Wildman–Crippen LogP) is 3.70. The van der Waals surface area contributed by atoms with Gasteiger partial charge in [-0.3, -0.25) is 4.79 Å². The third kappa shape index (κ3) is 3.96. The highest BCUT2D eigenvalue weighted by atomic mass is 28.4. The summed E-state index contributed by atoms with van der Waals surface area (Å²) in [5, 5.41) is 9.96. The molecule has 3 atom stereocenters. The number of hydrogen-bond acceptors (Lipinski definition) is 4. The van der Waals surface area contributed by atoms with Crippen LogP contribution in [0.3, 0.4) is 0 Å². The number of hydrogen-bond donors (Lipinski definition) is 0. The Hall–Kier alpha value is -1.64. The van der Waals surface area contributed by atoms with Crippen LogP contribution in [0, 0.1) is 23.2 Å². The third-order valence-electron chi connectivity index (χ3n) is 3.80. The molecule has 0 aromatic heterocycles. The molecule has 1 aromatic rings. The highest BCUT2D eigenvalue weighted by Gasteiger charge is 2.46. The summed E-state index contributed by atoms with van der Waals surface area (Å²) in [4.78, 5) is 11.9. The number of ether oxygens (including phenoxy) is 1. The first kappa shape index (κ1) is 18.4. The molecule has 0 bridgehead atoms. The van der Waals surface area contributed by atoms with Gasteiger partial charge in [0.05, 0.1) is 13.0 Å². The molecule has 0 fully saturated rings. The lowest BCUT2D eigenvalue weighted by molar-refractivity contribution is -0.149. The molecule has 0 saturated carbocycles. The lowest BCUT2D eigenvalue weighted by Gasteiger charge is -2.40. The van der Waals surface area contributed by atoms with Crippen LogP contribution in [0.5, 0.6) is 0 Å². The fraction of sp³-hybridized carbons (Fsp3) is 0.529. The number of carbonyl (C=O) groups excluding carboxylic acids is 1. The molecule has 4 nitrogen and oxygen atoms in total. The molecular formula is C17H25NO3Si. The van der Waals surface area contributed by atoms with Gasteiger partial charge in [0.15, 0.2) is 13.9 Å². The van der Waals surface area contributed by atoms with Crippen LogP contribution in [-0.2, 0) is 19.6 Å². The van der Waals surface area contributed by atoms with Gasteiger partial charge in [0.2, 0.25) is 0 Å². The summed E-state index contributed by atoms with van der Waals surface area (Å²) in [5.41, 5.74) is -0.373. The molecule has 1 aromatic carbocycles. The van der Waals surface area contributed by atoms with E-state index in [1.807, 2.05) is 56.9 Å². The summed E-state index contributed by atoms with van der Waals surface area (Å²) in [7, 11) is -0.662. The van der Waals surface area contributed by atoms with E-state index in [0.29, 0.717) is 0 Å². The van der Waals surface area contributed by atoms with Crippen LogP contribution < -0.4 is 0 Å². The minimum absolute atomic E-state index is 0.331.